The Labute approximate surface area is 158 Å². The van der Waals surface area contributed by atoms with Crippen molar-refractivity contribution in [3.63, 3.8) is 0 Å². The Morgan fingerprint density at radius 3 is 2.81 bits per heavy atom. The van der Waals surface area contributed by atoms with Gasteiger partial charge in [-0.2, -0.15) is 0 Å². The van der Waals surface area contributed by atoms with Gasteiger partial charge in [0.25, 0.3) is 0 Å². The van der Waals surface area contributed by atoms with Gasteiger partial charge in [-0.25, -0.2) is 4.79 Å². The smallest absolute Gasteiger partial charge is 0.321 e. The lowest BCUT2D eigenvalue weighted by molar-refractivity contribution is -0.145. The molecule has 0 spiro atoms. The van der Waals surface area contributed by atoms with Crippen molar-refractivity contribution in [2.75, 3.05) is 32.1 Å². The topological polar surface area (TPSA) is 88.1 Å². The summed E-state index contributed by atoms with van der Waals surface area (Å²) in [5.74, 6) is -0.834. The third-order valence-electron chi connectivity index (χ3n) is 4.42. The summed E-state index contributed by atoms with van der Waals surface area (Å²) >= 11 is 6.05. The van der Waals surface area contributed by atoms with Crippen LogP contribution in [0.5, 0.6) is 5.75 Å². The second kappa shape index (κ2) is 9.09. The van der Waals surface area contributed by atoms with Crippen LogP contribution in [0.25, 0.3) is 0 Å². The fraction of sp³-hybridized carbons (Fsp3) is 0.556. The van der Waals surface area contributed by atoms with Crippen molar-refractivity contribution in [1.82, 2.24) is 4.90 Å². The highest BCUT2D eigenvalue weighted by molar-refractivity contribution is 6.31. The van der Waals surface area contributed by atoms with E-state index in [0.29, 0.717) is 42.6 Å². The molecule has 1 aliphatic heterocycles. The molecule has 1 aromatic rings. The van der Waals surface area contributed by atoms with E-state index in [4.69, 9.17) is 21.1 Å². The number of hydrogen-bond donors (Lipinski definition) is 2. The molecule has 0 radical (unpaired) electrons. The molecule has 2 N–H and O–H groups in total. The van der Waals surface area contributed by atoms with Gasteiger partial charge >= 0.3 is 12.0 Å². The minimum Gasteiger partial charge on any atom is -0.486 e. The molecule has 3 unspecified atom stereocenters. The summed E-state index contributed by atoms with van der Waals surface area (Å²) < 4.78 is 10.9. The first-order valence-corrected chi connectivity index (χ1v) is 8.93. The van der Waals surface area contributed by atoms with Gasteiger partial charge in [-0.05, 0) is 37.5 Å². The number of ether oxygens (including phenoxy) is 2. The zero-order valence-corrected chi connectivity index (χ0v) is 16.0. The summed E-state index contributed by atoms with van der Waals surface area (Å²) in [5, 5.41) is 12.5. The maximum Gasteiger partial charge on any atom is 0.321 e. The van der Waals surface area contributed by atoms with Crippen LogP contribution in [0, 0.1) is 11.8 Å². The van der Waals surface area contributed by atoms with Gasteiger partial charge in [0.15, 0.2) is 0 Å². The molecule has 3 atom stereocenters. The first-order valence-electron chi connectivity index (χ1n) is 8.55. The summed E-state index contributed by atoms with van der Waals surface area (Å²) in [4.78, 5) is 25.4. The fourth-order valence-electron chi connectivity index (χ4n) is 3.08. The molecule has 1 heterocycles. The molecule has 0 bridgehead atoms. The van der Waals surface area contributed by atoms with Crippen LogP contribution in [-0.2, 0) is 9.53 Å². The standard InChI is InChI=1S/C18H25ClN2O5/c1-11-9-21(7-6-14(11)17(22)23)18(24)20-15-8-13(19)4-5-16(15)26-12(2)10-25-3/h4-5,8,11-12,14H,6-7,9-10H2,1-3H3,(H,20,24)(H,22,23). The molecule has 144 valence electrons. The van der Waals surface area contributed by atoms with Crippen LogP contribution in [0.3, 0.4) is 0 Å². The van der Waals surface area contributed by atoms with E-state index in [1.165, 1.54) is 0 Å². The number of hydrogen-bond acceptors (Lipinski definition) is 4. The SMILES string of the molecule is COCC(C)Oc1ccc(Cl)cc1NC(=O)N1CCC(C(=O)O)C(C)C1. The number of urea groups is 1. The molecule has 1 saturated heterocycles. The molecule has 8 heteroatoms. The zero-order chi connectivity index (χ0) is 19.3. The van der Waals surface area contributed by atoms with Crippen LogP contribution in [0.2, 0.25) is 5.02 Å². The lowest BCUT2D eigenvalue weighted by Gasteiger charge is -2.35. The number of carbonyl (C=O) groups excluding carboxylic acids is 1. The minimum atomic E-state index is -0.810. The number of benzene rings is 1. The maximum absolute atomic E-state index is 12.6. The third-order valence-corrected chi connectivity index (χ3v) is 4.66. The number of carbonyl (C=O) groups is 2. The van der Waals surface area contributed by atoms with Crippen LogP contribution in [0.15, 0.2) is 18.2 Å². The molecule has 0 saturated carbocycles. The fourth-order valence-corrected chi connectivity index (χ4v) is 3.25. The average molecular weight is 385 g/mol. The molecule has 1 fully saturated rings. The number of likely N-dealkylation sites (tertiary alicyclic amines) is 1. The van der Waals surface area contributed by atoms with E-state index in [2.05, 4.69) is 5.32 Å². The maximum atomic E-state index is 12.6. The summed E-state index contributed by atoms with van der Waals surface area (Å²) in [7, 11) is 1.59. The lowest BCUT2D eigenvalue weighted by atomic mass is 9.87. The van der Waals surface area contributed by atoms with Crippen molar-refractivity contribution in [2.45, 2.75) is 26.4 Å². The predicted octanol–water partition coefficient (Wildman–Crippen LogP) is 3.33. The van der Waals surface area contributed by atoms with Gasteiger partial charge in [0, 0.05) is 25.2 Å². The highest BCUT2D eigenvalue weighted by Gasteiger charge is 2.33. The first-order chi connectivity index (χ1) is 12.3. The molecular formula is C18H25ClN2O5. The average Bonchev–Trinajstić information content (AvgIpc) is 2.57. The van der Waals surface area contributed by atoms with E-state index in [1.54, 1.807) is 30.2 Å². The number of piperidine rings is 1. The van der Waals surface area contributed by atoms with E-state index in [0.717, 1.165) is 0 Å². The van der Waals surface area contributed by atoms with Crippen molar-refractivity contribution in [3.8, 4) is 5.75 Å². The van der Waals surface area contributed by atoms with E-state index < -0.39 is 11.9 Å². The van der Waals surface area contributed by atoms with Gasteiger partial charge in [0.2, 0.25) is 0 Å². The molecule has 0 aliphatic carbocycles. The molecule has 2 rings (SSSR count). The molecule has 0 aromatic heterocycles. The number of rotatable bonds is 6. The summed E-state index contributed by atoms with van der Waals surface area (Å²) in [5.41, 5.74) is 0.471. The predicted molar refractivity (Wildman–Crippen MR) is 98.9 cm³/mol. The van der Waals surface area contributed by atoms with E-state index in [-0.39, 0.29) is 18.1 Å². The van der Waals surface area contributed by atoms with E-state index >= 15 is 0 Å². The van der Waals surface area contributed by atoms with Crippen LogP contribution in [0.1, 0.15) is 20.3 Å². The van der Waals surface area contributed by atoms with Gasteiger partial charge in [-0.1, -0.05) is 18.5 Å². The molecule has 7 nitrogen and oxygen atoms in total. The van der Waals surface area contributed by atoms with Crippen LogP contribution < -0.4 is 10.1 Å². The molecule has 26 heavy (non-hydrogen) atoms. The normalized spacial score (nSPS) is 21.2. The van der Waals surface area contributed by atoms with Crippen molar-refractivity contribution in [3.05, 3.63) is 23.2 Å². The molecule has 1 aliphatic rings. The van der Waals surface area contributed by atoms with Crippen molar-refractivity contribution < 1.29 is 24.2 Å². The first kappa shape index (κ1) is 20.3. The Hall–Kier alpha value is -1.99. The van der Waals surface area contributed by atoms with Gasteiger partial charge < -0.3 is 24.8 Å². The molecular weight excluding hydrogens is 360 g/mol. The third kappa shape index (κ3) is 5.25. The lowest BCUT2D eigenvalue weighted by Crippen LogP contribution is -2.46. The number of aliphatic carboxylic acids is 1. The van der Waals surface area contributed by atoms with Crippen molar-refractivity contribution in [2.24, 2.45) is 11.8 Å². The van der Waals surface area contributed by atoms with Crippen molar-refractivity contribution in [1.29, 1.82) is 0 Å². The monoisotopic (exact) mass is 384 g/mol. The van der Waals surface area contributed by atoms with Crippen molar-refractivity contribution >= 4 is 29.3 Å². The summed E-state index contributed by atoms with van der Waals surface area (Å²) in [6, 6.07) is 4.71. The van der Waals surface area contributed by atoms with E-state index in [1.807, 2.05) is 13.8 Å². The largest absolute Gasteiger partial charge is 0.486 e. The van der Waals surface area contributed by atoms with Gasteiger partial charge in [-0.15, -0.1) is 0 Å². The number of nitrogens with zero attached hydrogens (tertiary/aromatic N) is 1. The van der Waals surface area contributed by atoms with Crippen LogP contribution in [-0.4, -0.2) is 54.9 Å². The number of carboxylic acids is 1. The highest BCUT2D eigenvalue weighted by Crippen LogP contribution is 2.30. The number of anilines is 1. The number of amides is 2. The number of nitrogens with one attached hydrogen (secondary N) is 1. The number of methoxy groups -OCH3 is 1. The Balaban J connectivity index is 2.06. The van der Waals surface area contributed by atoms with Gasteiger partial charge in [0.1, 0.15) is 11.9 Å². The summed E-state index contributed by atoms with van der Waals surface area (Å²) in [6.07, 6.45) is 0.247. The second-order valence-electron chi connectivity index (χ2n) is 6.61. The Kier molecular flexibility index (Phi) is 7.11. The highest BCUT2D eigenvalue weighted by atomic mass is 35.5. The number of halogens is 1. The van der Waals surface area contributed by atoms with Crippen LogP contribution in [0.4, 0.5) is 10.5 Å². The Morgan fingerprint density at radius 1 is 1.46 bits per heavy atom. The molecule has 1 aromatic carbocycles. The van der Waals surface area contributed by atoms with E-state index in [9.17, 15) is 14.7 Å². The van der Waals surface area contributed by atoms with Gasteiger partial charge in [0.05, 0.1) is 18.2 Å². The Morgan fingerprint density at radius 2 is 2.19 bits per heavy atom. The molecule has 2 amide bonds. The summed E-state index contributed by atoms with van der Waals surface area (Å²) in [6.45, 7) is 4.90. The zero-order valence-electron chi connectivity index (χ0n) is 15.2. The van der Waals surface area contributed by atoms with Crippen LogP contribution >= 0.6 is 11.6 Å². The Bertz CT molecular complexity index is 654. The number of carboxylic acid groups (broad SMARTS) is 1. The second-order valence-corrected chi connectivity index (χ2v) is 7.05. The minimum absolute atomic E-state index is 0.108. The van der Waals surface area contributed by atoms with Gasteiger partial charge in [-0.3, -0.25) is 4.79 Å². The quantitative estimate of drug-likeness (QED) is 0.785.